The van der Waals surface area contributed by atoms with Gasteiger partial charge in [-0.15, -0.1) is 6.58 Å². The quantitative estimate of drug-likeness (QED) is 0.533. The number of allylic oxidation sites excluding steroid dienone is 2. The maximum absolute atomic E-state index is 8.94. The molecule has 0 aliphatic carbocycles. The average Bonchev–Trinajstić information content (AvgIpc) is 2.30. The highest BCUT2D eigenvalue weighted by Crippen LogP contribution is 2.09. The van der Waals surface area contributed by atoms with E-state index in [4.69, 9.17) is 5.11 Å². The van der Waals surface area contributed by atoms with Crippen LogP contribution in [0.4, 0.5) is 0 Å². The number of hydrogen-bond donors (Lipinski definition) is 1. The summed E-state index contributed by atoms with van der Waals surface area (Å²) in [6.07, 6.45) is 11.7. The van der Waals surface area contributed by atoms with Crippen molar-refractivity contribution >= 4 is 0 Å². The molecule has 0 spiro atoms. The van der Waals surface area contributed by atoms with Gasteiger partial charge < -0.3 is 5.11 Å². The SMILES string of the molecule is C=CCCC=CCN1CC=C(CO)CC1. The van der Waals surface area contributed by atoms with E-state index in [2.05, 4.69) is 29.7 Å². The number of unbranched alkanes of at least 4 members (excludes halogenated alkanes) is 1. The summed E-state index contributed by atoms with van der Waals surface area (Å²) in [5, 5.41) is 8.94. The largest absolute Gasteiger partial charge is 0.392 e. The Morgan fingerprint density at radius 3 is 2.87 bits per heavy atom. The van der Waals surface area contributed by atoms with Crippen LogP contribution >= 0.6 is 0 Å². The summed E-state index contributed by atoms with van der Waals surface area (Å²) in [5.41, 5.74) is 1.18. The fraction of sp³-hybridized carbons (Fsp3) is 0.538. The Labute approximate surface area is 92.6 Å². The van der Waals surface area contributed by atoms with Crippen LogP contribution in [0.15, 0.2) is 36.5 Å². The van der Waals surface area contributed by atoms with E-state index in [0.717, 1.165) is 38.9 Å². The molecule has 0 bridgehead atoms. The molecule has 0 aromatic heterocycles. The second-order valence-electron chi connectivity index (χ2n) is 3.87. The molecule has 0 amide bonds. The third-order valence-corrected chi connectivity index (χ3v) is 2.66. The second-order valence-corrected chi connectivity index (χ2v) is 3.87. The first-order chi connectivity index (χ1) is 7.36. The lowest BCUT2D eigenvalue weighted by molar-refractivity contribution is 0.287. The van der Waals surface area contributed by atoms with Crippen LogP contribution in [-0.2, 0) is 0 Å². The Balaban J connectivity index is 2.16. The summed E-state index contributed by atoms with van der Waals surface area (Å²) < 4.78 is 0. The maximum Gasteiger partial charge on any atom is 0.0642 e. The highest BCUT2D eigenvalue weighted by atomic mass is 16.3. The Morgan fingerprint density at radius 1 is 1.40 bits per heavy atom. The lowest BCUT2D eigenvalue weighted by Crippen LogP contribution is -2.29. The molecule has 2 heteroatoms. The Bertz CT molecular complexity index is 243. The zero-order chi connectivity index (χ0) is 10.9. The smallest absolute Gasteiger partial charge is 0.0642 e. The molecule has 15 heavy (non-hydrogen) atoms. The minimum absolute atomic E-state index is 0.225. The van der Waals surface area contributed by atoms with Gasteiger partial charge in [0.25, 0.3) is 0 Å². The number of aliphatic hydroxyl groups excluding tert-OH is 1. The molecular formula is C13H21NO. The predicted octanol–water partition coefficient (Wildman–Crippen LogP) is 2.13. The standard InChI is InChI=1S/C13H21NO/c1-2-3-4-5-6-9-14-10-7-13(12-15)8-11-14/h2,5-7,15H,1,3-4,8-12H2. The van der Waals surface area contributed by atoms with E-state index >= 15 is 0 Å². The topological polar surface area (TPSA) is 23.5 Å². The number of aliphatic hydroxyl groups is 1. The Morgan fingerprint density at radius 2 is 2.27 bits per heavy atom. The molecule has 1 heterocycles. The van der Waals surface area contributed by atoms with Crippen LogP contribution in [0.3, 0.4) is 0 Å². The Kier molecular flexibility index (Phi) is 6.05. The predicted molar refractivity (Wildman–Crippen MR) is 64.8 cm³/mol. The van der Waals surface area contributed by atoms with Gasteiger partial charge >= 0.3 is 0 Å². The summed E-state index contributed by atoms with van der Waals surface area (Å²) in [6, 6.07) is 0. The molecular weight excluding hydrogens is 186 g/mol. The van der Waals surface area contributed by atoms with Gasteiger partial charge in [0.2, 0.25) is 0 Å². The van der Waals surface area contributed by atoms with Gasteiger partial charge in [0.15, 0.2) is 0 Å². The third-order valence-electron chi connectivity index (χ3n) is 2.66. The first-order valence-electron chi connectivity index (χ1n) is 5.64. The molecule has 1 rings (SSSR count). The minimum Gasteiger partial charge on any atom is -0.392 e. The summed E-state index contributed by atoms with van der Waals surface area (Å²) in [5.74, 6) is 0. The first-order valence-corrected chi connectivity index (χ1v) is 5.64. The van der Waals surface area contributed by atoms with Gasteiger partial charge in [-0.3, -0.25) is 4.90 Å². The van der Waals surface area contributed by atoms with E-state index in [1.54, 1.807) is 0 Å². The molecule has 2 nitrogen and oxygen atoms in total. The van der Waals surface area contributed by atoms with Crippen LogP contribution in [0.25, 0.3) is 0 Å². The van der Waals surface area contributed by atoms with Gasteiger partial charge in [-0.1, -0.05) is 24.3 Å². The molecule has 1 aliphatic rings. The van der Waals surface area contributed by atoms with Crippen molar-refractivity contribution < 1.29 is 5.11 Å². The van der Waals surface area contributed by atoms with Crippen LogP contribution in [0.1, 0.15) is 19.3 Å². The van der Waals surface area contributed by atoms with Gasteiger partial charge in [-0.05, 0) is 24.8 Å². The van der Waals surface area contributed by atoms with Crippen molar-refractivity contribution in [2.45, 2.75) is 19.3 Å². The number of rotatable bonds is 6. The van der Waals surface area contributed by atoms with E-state index in [1.165, 1.54) is 5.57 Å². The second kappa shape index (κ2) is 7.43. The van der Waals surface area contributed by atoms with E-state index in [9.17, 15) is 0 Å². The molecule has 0 aromatic carbocycles. The lowest BCUT2D eigenvalue weighted by atomic mass is 10.1. The average molecular weight is 207 g/mol. The zero-order valence-corrected chi connectivity index (χ0v) is 9.36. The molecule has 0 radical (unpaired) electrons. The molecule has 0 unspecified atom stereocenters. The molecule has 1 N–H and O–H groups in total. The summed E-state index contributed by atoms with van der Waals surface area (Å²) in [7, 11) is 0. The van der Waals surface area contributed by atoms with Crippen LogP contribution in [0.2, 0.25) is 0 Å². The van der Waals surface area contributed by atoms with Gasteiger partial charge in [0, 0.05) is 19.6 Å². The molecule has 84 valence electrons. The molecule has 0 saturated carbocycles. The number of nitrogens with zero attached hydrogens (tertiary/aromatic N) is 1. The Hall–Kier alpha value is -0.860. The summed E-state index contributed by atoms with van der Waals surface area (Å²) >= 11 is 0. The maximum atomic E-state index is 8.94. The van der Waals surface area contributed by atoms with E-state index in [-0.39, 0.29) is 6.61 Å². The van der Waals surface area contributed by atoms with Crippen molar-refractivity contribution in [2.24, 2.45) is 0 Å². The summed E-state index contributed by atoms with van der Waals surface area (Å²) in [6.45, 7) is 6.98. The molecule has 0 aromatic rings. The van der Waals surface area contributed by atoms with Gasteiger partial charge in [-0.2, -0.15) is 0 Å². The third kappa shape index (κ3) is 4.96. The molecule has 0 atom stereocenters. The van der Waals surface area contributed by atoms with Crippen molar-refractivity contribution in [3.8, 4) is 0 Å². The molecule has 0 fully saturated rings. The lowest BCUT2D eigenvalue weighted by Gasteiger charge is -2.24. The summed E-state index contributed by atoms with van der Waals surface area (Å²) in [4.78, 5) is 2.38. The van der Waals surface area contributed by atoms with Crippen molar-refractivity contribution in [2.75, 3.05) is 26.2 Å². The fourth-order valence-electron chi connectivity index (χ4n) is 1.62. The van der Waals surface area contributed by atoms with Crippen LogP contribution in [0, 0.1) is 0 Å². The van der Waals surface area contributed by atoms with Crippen LogP contribution in [0.5, 0.6) is 0 Å². The van der Waals surface area contributed by atoms with E-state index in [0.29, 0.717) is 0 Å². The van der Waals surface area contributed by atoms with Gasteiger partial charge in [-0.25, -0.2) is 0 Å². The van der Waals surface area contributed by atoms with Crippen molar-refractivity contribution in [1.29, 1.82) is 0 Å². The van der Waals surface area contributed by atoms with Gasteiger partial charge in [0.1, 0.15) is 0 Å². The van der Waals surface area contributed by atoms with Crippen molar-refractivity contribution in [3.63, 3.8) is 0 Å². The van der Waals surface area contributed by atoms with Crippen LogP contribution in [-0.4, -0.2) is 36.2 Å². The molecule has 0 saturated heterocycles. The van der Waals surface area contributed by atoms with E-state index in [1.807, 2.05) is 6.08 Å². The minimum atomic E-state index is 0.225. The van der Waals surface area contributed by atoms with Gasteiger partial charge in [0.05, 0.1) is 6.61 Å². The fourth-order valence-corrected chi connectivity index (χ4v) is 1.62. The highest BCUT2D eigenvalue weighted by molar-refractivity contribution is 5.07. The van der Waals surface area contributed by atoms with E-state index < -0.39 is 0 Å². The first kappa shape index (κ1) is 12.2. The number of hydrogen-bond acceptors (Lipinski definition) is 2. The van der Waals surface area contributed by atoms with Crippen molar-refractivity contribution in [1.82, 2.24) is 4.90 Å². The zero-order valence-electron chi connectivity index (χ0n) is 9.36. The van der Waals surface area contributed by atoms with Crippen LogP contribution < -0.4 is 0 Å². The van der Waals surface area contributed by atoms with Crippen molar-refractivity contribution in [3.05, 3.63) is 36.5 Å². The highest BCUT2D eigenvalue weighted by Gasteiger charge is 2.08. The monoisotopic (exact) mass is 207 g/mol. The normalized spacial score (nSPS) is 18.1. The molecule has 1 aliphatic heterocycles.